The van der Waals surface area contributed by atoms with Crippen LogP contribution in [0.4, 0.5) is 0 Å². The first kappa shape index (κ1) is 13.2. The zero-order valence-electron chi connectivity index (χ0n) is 11.1. The number of nitrogens with one attached hydrogen (secondary N) is 1. The van der Waals surface area contributed by atoms with Crippen LogP contribution in [-0.2, 0) is 13.1 Å². The Bertz CT molecular complexity index is 315. The minimum atomic E-state index is 0.178. The van der Waals surface area contributed by atoms with Crippen LogP contribution in [0.5, 0.6) is 0 Å². The molecule has 0 radical (unpaired) electrons. The minimum absolute atomic E-state index is 0.178. The fraction of sp³-hybridized carbons (Fsp3) is 0.750. The van der Waals surface area contributed by atoms with Gasteiger partial charge in [0.05, 0.1) is 12.0 Å². The Morgan fingerprint density at radius 1 is 1.44 bits per heavy atom. The van der Waals surface area contributed by atoms with Crippen molar-refractivity contribution in [2.45, 2.75) is 39.4 Å². The van der Waals surface area contributed by atoms with Crippen LogP contribution < -0.4 is 5.32 Å². The number of rotatable bonds is 6. The first-order chi connectivity index (χ1) is 7.47. The van der Waals surface area contributed by atoms with E-state index in [1.807, 2.05) is 12.5 Å². The van der Waals surface area contributed by atoms with Gasteiger partial charge in [0.15, 0.2) is 0 Å². The summed E-state index contributed by atoms with van der Waals surface area (Å²) < 4.78 is 2.16. The van der Waals surface area contributed by atoms with Crippen molar-refractivity contribution in [3.8, 4) is 0 Å². The third-order valence-corrected chi connectivity index (χ3v) is 3.21. The van der Waals surface area contributed by atoms with E-state index >= 15 is 0 Å². The molecule has 4 heteroatoms. The number of hydrogen-bond acceptors (Lipinski definition) is 3. The maximum absolute atomic E-state index is 4.16. The molecule has 0 amide bonds. The molecule has 0 saturated heterocycles. The summed E-state index contributed by atoms with van der Waals surface area (Å²) >= 11 is 0. The average molecular weight is 224 g/mol. The van der Waals surface area contributed by atoms with Crippen molar-refractivity contribution in [2.24, 2.45) is 0 Å². The highest BCUT2D eigenvalue weighted by Crippen LogP contribution is 2.08. The molecule has 0 unspecified atom stereocenters. The van der Waals surface area contributed by atoms with Crippen LogP contribution in [-0.4, -0.2) is 40.6 Å². The number of hydrogen-bond donors (Lipinski definition) is 1. The van der Waals surface area contributed by atoms with E-state index in [9.17, 15) is 0 Å². The van der Waals surface area contributed by atoms with Crippen LogP contribution in [0.3, 0.4) is 0 Å². The van der Waals surface area contributed by atoms with Gasteiger partial charge in [0.2, 0.25) is 0 Å². The maximum atomic E-state index is 4.16. The molecule has 0 fully saturated rings. The van der Waals surface area contributed by atoms with Crippen LogP contribution in [0.1, 0.15) is 26.5 Å². The highest BCUT2D eigenvalue weighted by molar-refractivity contribution is 4.98. The SMILES string of the molecule is CCn1cncc1CNCC(C)(C)N(C)C. The first-order valence-corrected chi connectivity index (χ1v) is 5.84. The Morgan fingerprint density at radius 3 is 2.69 bits per heavy atom. The van der Waals surface area contributed by atoms with E-state index in [1.165, 1.54) is 5.69 Å². The Morgan fingerprint density at radius 2 is 2.12 bits per heavy atom. The molecule has 0 aliphatic carbocycles. The van der Waals surface area contributed by atoms with Crippen molar-refractivity contribution in [2.75, 3.05) is 20.6 Å². The molecule has 0 aliphatic rings. The van der Waals surface area contributed by atoms with E-state index in [1.54, 1.807) is 0 Å². The van der Waals surface area contributed by atoms with Gasteiger partial charge in [-0.05, 0) is 34.9 Å². The van der Waals surface area contributed by atoms with Gasteiger partial charge in [-0.15, -0.1) is 0 Å². The van der Waals surface area contributed by atoms with E-state index < -0.39 is 0 Å². The van der Waals surface area contributed by atoms with E-state index in [-0.39, 0.29) is 5.54 Å². The van der Waals surface area contributed by atoms with Crippen LogP contribution in [0.25, 0.3) is 0 Å². The van der Waals surface area contributed by atoms with Crippen molar-refractivity contribution < 1.29 is 0 Å². The summed E-state index contributed by atoms with van der Waals surface area (Å²) in [6, 6.07) is 0. The molecule has 0 aromatic carbocycles. The third-order valence-electron chi connectivity index (χ3n) is 3.21. The van der Waals surface area contributed by atoms with Crippen molar-refractivity contribution >= 4 is 0 Å². The molecule has 16 heavy (non-hydrogen) atoms. The van der Waals surface area contributed by atoms with Crippen molar-refractivity contribution in [3.63, 3.8) is 0 Å². The summed E-state index contributed by atoms with van der Waals surface area (Å²) in [5, 5.41) is 3.48. The van der Waals surface area contributed by atoms with E-state index in [0.29, 0.717) is 0 Å². The fourth-order valence-corrected chi connectivity index (χ4v) is 1.43. The molecular formula is C12H24N4. The van der Waals surface area contributed by atoms with E-state index in [0.717, 1.165) is 19.6 Å². The molecular weight excluding hydrogens is 200 g/mol. The standard InChI is InChI=1S/C12H24N4/c1-6-16-10-14-8-11(16)7-13-9-12(2,3)15(4)5/h8,10,13H,6-7,9H2,1-5H3. The van der Waals surface area contributed by atoms with Crippen LogP contribution >= 0.6 is 0 Å². The van der Waals surface area contributed by atoms with Crippen molar-refractivity contribution in [3.05, 3.63) is 18.2 Å². The zero-order chi connectivity index (χ0) is 12.2. The zero-order valence-corrected chi connectivity index (χ0v) is 11.1. The predicted molar refractivity (Wildman–Crippen MR) is 67.4 cm³/mol. The number of likely N-dealkylation sites (N-methyl/N-ethyl adjacent to an activating group) is 1. The highest BCUT2D eigenvalue weighted by atomic mass is 15.2. The average Bonchev–Trinajstić information content (AvgIpc) is 2.64. The quantitative estimate of drug-likeness (QED) is 0.791. The van der Waals surface area contributed by atoms with Gasteiger partial charge in [-0.3, -0.25) is 0 Å². The fourth-order valence-electron chi connectivity index (χ4n) is 1.43. The predicted octanol–water partition coefficient (Wildman–Crippen LogP) is 1.33. The Hall–Kier alpha value is -0.870. The molecule has 1 aromatic rings. The molecule has 92 valence electrons. The molecule has 0 atom stereocenters. The molecule has 0 aliphatic heterocycles. The second-order valence-corrected chi connectivity index (χ2v) is 4.98. The van der Waals surface area contributed by atoms with Gasteiger partial charge in [0.25, 0.3) is 0 Å². The molecule has 0 bridgehead atoms. The van der Waals surface area contributed by atoms with Gasteiger partial charge >= 0.3 is 0 Å². The molecule has 1 aromatic heterocycles. The highest BCUT2D eigenvalue weighted by Gasteiger charge is 2.19. The second-order valence-electron chi connectivity index (χ2n) is 4.98. The lowest BCUT2D eigenvalue weighted by Crippen LogP contribution is -2.46. The first-order valence-electron chi connectivity index (χ1n) is 5.84. The monoisotopic (exact) mass is 224 g/mol. The third kappa shape index (κ3) is 3.32. The van der Waals surface area contributed by atoms with Gasteiger partial charge in [-0.2, -0.15) is 0 Å². The molecule has 1 heterocycles. The lowest BCUT2D eigenvalue weighted by molar-refractivity contribution is 0.189. The molecule has 1 rings (SSSR count). The van der Waals surface area contributed by atoms with E-state index in [2.05, 4.69) is 54.6 Å². The minimum Gasteiger partial charge on any atom is -0.334 e. The normalized spacial score (nSPS) is 12.4. The van der Waals surface area contributed by atoms with Crippen molar-refractivity contribution in [1.82, 2.24) is 19.8 Å². The smallest absolute Gasteiger partial charge is 0.0948 e. The Labute approximate surface area is 98.7 Å². The van der Waals surface area contributed by atoms with Gasteiger partial charge in [0, 0.05) is 31.4 Å². The van der Waals surface area contributed by atoms with Gasteiger partial charge < -0.3 is 14.8 Å². The topological polar surface area (TPSA) is 33.1 Å². The number of aromatic nitrogens is 2. The summed E-state index contributed by atoms with van der Waals surface area (Å²) in [7, 11) is 4.22. The largest absolute Gasteiger partial charge is 0.334 e. The number of nitrogens with zero attached hydrogens (tertiary/aromatic N) is 3. The molecule has 1 N–H and O–H groups in total. The summed E-state index contributed by atoms with van der Waals surface area (Å²) in [5.74, 6) is 0. The molecule has 4 nitrogen and oxygen atoms in total. The van der Waals surface area contributed by atoms with Gasteiger partial charge in [-0.1, -0.05) is 0 Å². The van der Waals surface area contributed by atoms with Crippen LogP contribution in [0.2, 0.25) is 0 Å². The summed E-state index contributed by atoms with van der Waals surface area (Å²) in [5.41, 5.74) is 1.42. The van der Waals surface area contributed by atoms with Crippen LogP contribution in [0.15, 0.2) is 12.5 Å². The lowest BCUT2D eigenvalue weighted by atomic mass is 10.0. The lowest BCUT2D eigenvalue weighted by Gasteiger charge is -2.32. The van der Waals surface area contributed by atoms with E-state index in [4.69, 9.17) is 0 Å². The summed E-state index contributed by atoms with van der Waals surface area (Å²) in [6.45, 7) is 9.43. The number of imidazole rings is 1. The van der Waals surface area contributed by atoms with Crippen molar-refractivity contribution in [1.29, 1.82) is 0 Å². The van der Waals surface area contributed by atoms with Gasteiger partial charge in [0.1, 0.15) is 0 Å². The second kappa shape index (κ2) is 5.46. The Kier molecular flexibility index (Phi) is 4.50. The van der Waals surface area contributed by atoms with Crippen LogP contribution in [0, 0.1) is 0 Å². The molecule has 0 saturated carbocycles. The molecule has 0 spiro atoms. The van der Waals surface area contributed by atoms with Gasteiger partial charge in [-0.25, -0.2) is 4.98 Å². The maximum Gasteiger partial charge on any atom is 0.0948 e. The Balaban J connectivity index is 2.41. The summed E-state index contributed by atoms with van der Waals surface area (Å²) in [6.07, 6.45) is 3.81. The summed E-state index contributed by atoms with van der Waals surface area (Å²) in [4.78, 5) is 6.39. The number of aryl methyl sites for hydroxylation is 1.